The third kappa shape index (κ3) is 4.13. The van der Waals surface area contributed by atoms with Gasteiger partial charge >= 0.3 is 0 Å². The number of carbonyl (C=O) groups is 1. The van der Waals surface area contributed by atoms with E-state index in [0.29, 0.717) is 22.5 Å². The first-order valence-electron chi connectivity index (χ1n) is 9.93. The summed E-state index contributed by atoms with van der Waals surface area (Å²) in [5.74, 6) is -0.148. The number of ether oxygens (including phenoxy) is 1. The van der Waals surface area contributed by atoms with Crippen LogP contribution in [0.1, 0.15) is 27.7 Å². The lowest BCUT2D eigenvalue weighted by atomic mass is 10.1. The molecule has 1 aromatic heterocycles. The quantitative estimate of drug-likeness (QED) is 0.468. The molecular formula is C24H17N4O3S-. The molecule has 0 fully saturated rings. The minimum atomic E-state index is -1.22. The second-order valence-corrected chi connectivity index (χ2v) is 8.06. The second kappa shape index (κ2) is 8.68. The maximum atomic E-state index is 11.1. The molecule has 0 aliphatic carbocycles. The van der Waals surface area contributed by atoms with E-state index in [1.807, 2.05) is 54.6 Å². The number of benzene rings is 3. The molecule has 3 aromatic carbocycles. The first-order valence-corrected chi connectivity index (χ1v) is 10.9. The number of rotatable bonds is 5. The van der Waals surface area contributed by atoms with Gasteiger partial charge in [-0.25, -0.2) is 0 Å². The van der Waals surface area contributed by atoms with E-state index < -0.39 is 12.2 Å². The van der Waals surface area contributed by atoms with E-state index in [1.54, 1.807) is 12.1 Å². The molecule has 1 N–H and O–H groups in total. The van der Waals surface area contributed by atoms with Crippen molar-refractivity contribution in [2.24, 2.45) is 0 Å². The molecule has 1 aliphatic heterocycles. The highest BCUT2D eigenvalue weighted by atomic mass is 32.2. The fraction of sp³-hybridized carbons (Fsp3) is 0.0833. The smallest absolute Gasteiger partial charge is 0.247 e. The summed E-state index contributed by atoms with van der Waals surface area (Å²) in [6.45, 7) is 0. The first kappa shape index (κ1) is 20.0. The van der Waals surface area contributed by atoms with Crippen LogP contribution in [-0.4, -0.2) is 21.2 Å². The SMILES string of the molecule is O=C([O-])c1ccc([C@@H]2Nc3ccccc3-c3nnc(SCc4ccccc4)nc3O2)cc1. The Bertz CT molecular complexity index is 1270. The molecule has 0 radical (unpaired) electrons. The topological polar surface area (TPSA) is 100 Å². The minimum Gasteiger partial charge on any atom is -0.545 e. The summed E-state index contributed by atoms with van der Waals surface area (Å²) in [5, 5.41) is 23.7. The van der Waals surface area contributed by atoms with E-state index in [1.165, 1.54) is 23.9 Å². The van der Waals surface area contributed by atoms with Crippen molar-refractivity contribution in [2.45, 2.75) is 17.1 Å². The van der Waals surface area contributed by atoms with Gasteiger partial charge < -0.3 is 20.0 Å². The van der Waals surface area contributed by atoms with Crippen LogP contribution in [-0.2, 0) is 5.75 Å². The van der Waals surface area contributed by atoms with E-state index >= 15 is 0 Å². The molecule has 0 unspecified atom stereocenters. The lowest BCUT2D eigenvalue weighted by Gasteiger charge is -2.19. The van der Waals surface area contributed by atoms with Crippen LogP contribution < -0.4 is 15.2 Å². The molecule has 1 atom stereocenters. The molecule has 32 heavy (non-hydrogen) atoms. The number of carbonyl (C=O) groups excluding carboxylic acids is 1. The van der Waals surface area contributed by atoms with Crippen LogP contribution in [0.15, 0.2) is 84.0 Å². The van der Waals surface area contributed by atoms with Crippen LogP contribution in [0.5, 0.6) is 5.88 Å². The number of para-hydroxylation sites is 1. The average Bonchev–Trinajstić information content (AvgIpc) is 3.00. The zero-order valence-corrected chi connectivity index (χ0v) is 17.6. The van der Waals surface area contributed by atoms with Gasteiger partial charge in [0.25, 0.3) is 0 Å². The van der Waals surface area contributed by atoms with Gasteiger partial charge in [-0.15, -0.1) is 10.2 Å². The van der Waals surface area contributed by atoms with E-state index in [-0.39, 0.29) is 5.56 Å². The molecule has 8 heteroatoms. The van der Waals surface area contributed by atoms with Crippen LogP contribution >= 0.6 is 11.8 Å². The lowest BCUT2D eigenvalue weighted by Crippen LogP contribution is -2.22. The molecule has 2 heterocycles. The monoisotopic (exact) mass is 441 g/mol. The van der Waals surface area contributed by atoms with Crippen molar-refractivity contribution in [2.75, 3.05) is 5.32 Å². The fourth-order valence-corrected chi connectivity index (χ4v) is 4.11. The van der Waals surface area contributed by atoms with Crippen molar-refractivity contribution >= 4 is 23.4 Å². The molecule has 0 saturated carbocycles. The summed E-state index contributed by atoms with van der Waals surface area (Å²) in [6, 6.07) is 24.1. The Hall–Kier alpha value is -3.91. The van der Waals surface area contributed by atoms with Gasteiger partial charge in [0.15, 0.2) is 11.9 Å². The summed E-state index contributed by atoms with van der Waals surface area (Å²) in [4.78, 5) is 15.7. The van der Waals surface area contributed by atoms with Crippen LogP contribution in [0.4, 0.5) is 5.69 Å². The molecule has 0 saturated heterocycles. The number of carboxylic acids is 1. The number of hydrogen-bond acceptors (Lipinski definition) is 8. The third-order valence-corrected chi connectivity index (χ3v) is 5.90. The van der Waals surface area contributed by atoms with Crippen molar-refractivity contribution in [3.63, 3.8) is 0 Å². The van der Waals surface area contributed by atoms with Gasteiger partial charge in [0.05, 0.1) is 5.97 Å². The maximum absolute atomic E-state index is 11.1. The molecule has 7 nitrogen and oxygen atoms in total. The number of nitrogens with one attached hydrogen (secondary N) is 1. The van der Waals surface area contributed by atoms with Gasteiger partial charge in [0.1, 0.15) is 0 Å². The molecule has 5 rings (SSSR count). The second-order valence-electron chi connectivity index (χ2n) is 7.12. The number of aromatic nitrogens is 3. The Morgan fingerprint density at radius 3 is 2.50 bits per heavy atom. The molecule has 158 valence electrons. The molecule has 1 aliphatic rings. The molecule has 0 spiro atoms. The number of nitrogens with zero attached hydrogens (tertiary/aromatic N) is 3. The largest absolute Gasteiger partial charge is 0.545 e. The Labute approximate surface area is 188 Å². The average molecular weight is 441 g/mol. The Morgan fingerprint density at radius 2 is 1.72 bits per heavy atom. The van der Waals surface area contributed by atoms with Gasteiger partial charge in [-0.05, 0) is 17.2 Å². The summed E-state index contributed by atoms with van der Waals surface area (Å²) in [7, 11) is 0. The van der Waals surface area contributed by atoms with Crippen LogP contribution in [0.2, 0.25) is 0 Å². The highest BCUT2D eigenvalue weighted by molar-refractivity contribution is 7.98. The van der Waals surface area contributed by atoms with E-state index in [2.05, 4.69) is 20.5 Å². The maximum Gasteiger partial charge on any atom is 0.247 e. The number of hydrogen-bond donors (Lipinski definition) is 1. The molecule has 0 amide bonds. The summed E-state index contributed by atoms with van der Waals surface area (Å²) >= 11 is 1.48. The van der Waals surface area contributed by atoms with Gasteiger partial charge in [-0.2, -0.15) is 4.98 Å². The van der Waals surface area contributed by atoms with Crippen LogP contribution in [0.25, 0.3) is 11.3 Å². The zero-order chi connectivity index (χ0) is 21.9. The summed E-state index contributed by atoms with van der Waals surface area (Å²) in [6.07, 6.45) is -0.586. The van der Waals surface area contributed by atoms with Gasteiger partial charge in [0, 0.05) is 22.6 Å². The van der Waals surface area contributed by atoms with Gasteiger partial charge in [-0.1, -0.05) is 84.6 Å². The standard InChI is InChI=1S/C24H18N4O3S/c29-23(30)17-12-10-16(11-13-17)21-25-19-9-5-4-8-18(19)20-22(31-21)26-24(28-27-20)32-14-15-6-2-1-3-7-15/h1-13,21,25H,14H2,(H,29,30)/p-1/t21-/m1/s1. The number of fused-ring (bicyclic) bond motifs is 3. The minimum absolute atomic E-state index is 0.103. The molecule has 4 aromatic rings. The van der Waals surface area contributed by atoms with Crippen LogP contribution in [0.3, 0.4) is 0 Å². The van der Waals surface area contributed by atoms with E-state index in [4.69, 9.17) is 4.74 Å². The predicted molar refractivity (Wildman–Crippen MR) is 119 cm³/mol. The Kier molecular flexibility index (Phi) is 5.43. The molecular weight excluding hydrogens is 424 g/mol. The predicted octanol–water partition coefficient (Wildman–Crippen LogP) is 3.70. The van der Waals surface area contributed by atoms with Gasteiger partial charge in [-0.3, -0.25) is 0 Å². The Morgan fingerprint density at radius 1 is 0.969 bits per heavy atom. The summed E-state index contributed by atoms with van der Waals surface area (Å²) in [5.41, 5.74) is 4.21. The zero-order valence-electron chi connectivity index (χ0n) is 16.8. The first-order chi connectivity index (χ1) is 15.7. The van der Waals surface area contributed by atoms with E-state index in [9.17, 15) is 9.90 Å². The van der Waals surface area contributed by atoms with Crippen molar-refractivity contribution in [1.29, 1.82) is 0 Å². The normalized spacial score (nSPS) is 14.3. The number of carboxylic acid groups (broad SMARTS) is 1. The van der Waals surface area contributed by atoms with Crippen molar-refractivity contribution in [1.82, 2.24) is 15.2 Å². The summed E-state index contributed by atoms with van der Waals surface area (Å²) < 4.78 is 6.22. The van der Waals surface area contributed by atoms with Crippen molar-refractivity contribution in [3.05, 3.63) is 95.6 Å². The lowest BCUT2D eigenvalue weighted by molar-refractivity contribution is -0.255. The van der Waals surface area contributed by atoms with Gasteiger partial charge in [0.2, 0.25) is 11.0 Å². The number of aromatic carboxylic acids is 1. The third-order valence-electron chi connectivity index (χ3n) is 4.99. The highest BCUT2D eigenvalue weighted by Crippen LogP contribution is 2.39. The Balaban J connectivity index is 1.48. The van der Waals surface area contributed by atoms with Crippen molar-refractivity contribution < 1.29 is 14.6 Å². The highest BCUT2D eigenvalue weighted by Gasteiger charge is 2.26. The van der Waals surface area contributed by atoms with Crippen LogP contribution in [0, 0.1) is 0 Å². The molecule has 0 bridgehead atoms. The van der Waals surface area contributed by atoms with E-state index in [0.717, 1.165) is 22.4 Å². The number of thioether (sulfide) groups is 1. The van der Waals surface area contributed by atoms with Crippen molar-refractivity contribution in [3.8, 4) is 17.1 Å². The fourth-order valence-electron chi connectivity index (χ4n) is 3.38. The number of anilines is 1.